The van der Waals surface area contributed by atoms with Crippen LogP contribution in [0, 0.1) is 0 Å². The van der Waals surface area contributed by atoms with Crippen molar-refractivity contribution in [2.75, 3.05) is 12.4 Å². The number of hydrogen-bond acceptors (Lipinski definition) is 7. The van der Waals surface area contributed by atoms with Gasteiger partial charge in [0.1, 0.15) is 15.4 Å². The molecule has 6 rings (SSSR count). The van der Waals surface area contributed by atoms with Crippen LogP contribution in [0.1, 0.15) is 46.3 Å². The molecule has 7 heteroatoms. The summed E-state index contributed by atoms with van der Waals surface area (Å²) in [6, 6.07) is 24.9. The summed E-state index contributed by atoms with van der Waals surface area (Å²) in [4.78, 5) is 19.8. The zero-order valence-corrected chi connectivity index (χ0v) is 20.3. The van der Waals surface area contributed by atoms with E-state index in [0.29, 0.717) is 18.2 Å². The maximum atomic E-state index is 5.26. The molecule has 35 heavy (non-hydrogen) atoms. The van der Waals surface area contributed by atoms with E-state index < -0.39 is 0 Å². The second-order valence-electron chi connectivity index (χ2n) is 8.82. The summed E-state index contributed by atoms with van der Waals surface area (Å²) >= 11 is 1.57. The molecule has 174 valence electrons. The number of benzene rings is 2. The summed E-state index contributed by atoms with van der Waals surface area (Å²) in [6.07, 6.45) is 3.96. The molecule has 0 atom stereocenters. The second-order valence-corrected chi connectivity index (χ2v) is 9.88. The first-order chi connectivity index (χ1) is 17.2. The maximum absolute atomic E-state index is 5.26. The van der Waals surface area contributed by atoms with E-state index >= 15 is 0 Å². The molecule has 2 aromatic carbocycles. The number of anilines is 2. The Kier molecular flexibility index (Phi) is 5.84. The first kappa shape index (κ1) is 21.7. The smallest absolute Gasteiger partial charge is 0.227 e. The number of nitrogens with one attached hydrogen (secondary N) is 1. The summed E-state index contributed by atoms with van der Waals surface area (Å²) in [7, 11) is 1.62. The molecule has 0 unspecified atom stereocenters. The molecular weight excluding hydrogens is 454 g/mol. The number of methoxy groups -OCH3 is 1. The van der Waals surface area contributed by atoms with Gasteiger partial charge in [0.2, 0.25) is 11.8 Å². The number of pyridine rings is 1. The predicted molar refractivity (Wildman–Crippen MR) is 140 cm³/mol. The highest BCUT2D eigenvalue weighted by Gasteiger charge is 2.23. The van der Waals surface area contributed by atoms with Crippen LogP contribution in [0.25, 0.3) is 10.3 Å². The lowest BCUT2D eigenvalue weighted by Crippen LogP contribution is -2.05. The number of aromatic nitrogens is 4. The van der Waals surface area contributed by atoms with Gasteiger partial charge < -0.3 is 10.1 Å². The van der Waals surface area contributed by atoms with E-state index in [1.54, 1.807) is 18.4 Å². The fourth-order valence-corrected chi connectivity index (χ4v) is 5.11. The molecule has 1 saturated carbocycles. The van der Waals surface area contributed by atoms with Gasteiger partial charge in [0.25, 0.3) is 0 Å². The summed E-state index contributed by atoms with van der Waals surface area (Å²) < 4.78 is 5.26. The lowest BCUT2D eigenvalue weighted by molar-refractivity contribution is 0.400. The Bertz CT molecular complexity index is 1460. The summed E-state index contributed by atoms with van der Waals surface area (Å²) in [5, 5.41) is 4.38. The van der Waals surface area contributed by atoms with Gasteiger partial charge in [-0.2, -0.15) is 0 Å². The molecule has 1 N–H and O–H groups in total. The molecule has 0 spiro atoms. The third kappa shape index (κ3) is 5.15. The highest BCUT2D eigenvalue weighted by atomic mass is 32.1. The Hall–Kier alpha value is -3.84. The minimum absolute atomic E-state index is 0.596. The van der Waals surface area contributed by atoms with E-state index in [2.05, 4.69) is 64.9 Å². The van der Waals surface area contributed by atoms with Crippen molar-refractivity contribution < 1.29 is 4.74 Å². The van der Waals surface area contributed by atoms with Crippen LogP contribution in [-0.4, -0.2) is 27.0 Å². The van der Waals surface area contributed by atoms with Crippen LogP contribution in [0.5, 0.6) is 5.88 Å². The molecule has 0 radical (unpaired) electrons. The van der Waals surface area contributed by atoms with Crippen molar-refractivity contribution in [1.29, 1.82) is 0 Å². The van der Waals surface area contributed by atoms with E-state index in [0.717, 1.165) is 44.8 Å². The summed E-state index contributed by atoms with van der Waals surface area (Å²) in [5.74, 6) is 1.94. The molecule has 0 saturated heterocycles. The van der Waals surface area contributed by atoms with E-state index in [9.17, 15) is 0 Å². The molecular formula is C28H25N5OS. The molecule has 5 aromatic rings. The molecule has 0 bridgehead atoms. The topological polar surface area (TPSA) is 72.8 Å². The average molecular weight is 480 g/mol. The second kappa shape index (κ2) is 9.43. The van der Waals surface area contributed by atoms with Crippen molar-refractivity contribution in [3.8, 4) is 5.88 Å². The van der Waals surface area contributed by atoms with Crippen molar-refractivity contribution in [3.05, 3.63) is 100 Å². The van der Waals surface area contributed by atoms with Crippen LogP contribution < -0.4 is 10.1 Å². The fraction of sp³-hybridized carbons (Fsp3) is 0.214. The van der Waals surface area contributed by atoms with Gasteiger partial charge in [-0.05, 0) is 54.2 Å². The first-order valence-corrected chi connectivity index (χ1v) is 12.6. The number of nitrogens with zero attached hydrogens (tertiary/aromatic N) is 4. The molecule has 1 aliphatic carbocycles. The Labute approximate surface area is 208 Å². The number of fused-ring (bicyclic) bond motifs is 1. The molecule has 0 aliphatic heterocycles. The SMILES string of the molecule is COc1ccc2nc(Cc3cc(Cc4ccccc4)nc(Nc4ccc(C5CC5)cc4)n3)sc2n1. The van der Waals surface area contributed by atoms with Gasteiger partial charge in [0.15, 0.2) is 0 Å². The Morgan fingerprint density at radius 2 is 1.63 bits per heavy atom. The fourth-order valence-electron chi connectivity index (χ4n) is 4.17. The van der Waals surface area contributed by atoms with Gasteiger partial charge >= 0.3 is 0 Å². The van der Waals surface area contributed by atoms with Crippen LogP contribution >= 0.6 is 11.3 Å². The number of thiazole rings is 1. The van der Waals surface area contributed by atoms with Crippen LogP contribution in [0.4, 0.5) is 11.6 Å². The van der Waals surface area contributed by atoms with Crippen molar-refractivity contribution in [3.63, 3.8) is 0 Å². The molecule has 1 fully saturated rings. The van der Waals surface area contributed by atoms with Crippen molar-refractivity contribution in [2.24, 2.45) is 0 Å². The van der Waals surface area contributed by atoms with Crippen molar-refractivity contribution >= 4 is 33.3 Å². The van der Waals surface area contributed by atoms with Gasteiger partial charge in [-0.25, -0.2) is 19.9 Å². The molecule has 0 amide bonds. The largest absolute Gasteiger partial charge is 0.481 e. The van der Waals surface area contributed by atoms with E-state index in [1.807, 2.05) is 18.2 Å². The molecule has 3 aromatic heterocycles. The third-order valence-corrected chi connectivity index (χ3v) is 7.06. The monoisotopic (exact) mass is 479 g/mol. The van der Waals surface area contributed by atoms with Gasteiger partial charge in [-0.1, -0.05) is 53.8 Å². The Morgan fingerprint density at radius 3 is 2.37 bits per heavy atom. The quantitative estimate of drug-likeness (QED) is 0.282. The van der Waals surface area contributed by atoms with Gasteiger partial charge in [0, 0.05) is 24.6 Å². The van der Waals surface area contributed by atoms with Crippen LogP contribution in [0.15, 0.2) is 72.8 Å². The first-order valence-electron chi connectivity index (χ1n) is 11.8. The van der Waals surface area contributed by atoms with Gasteiger partial charge in [-0.3, -0.25) is 0 Å². The third-order valence-electron chi connectivity index (χ3n) is 6.09. The number of ether oxygens (including phenoxy) is 1. The lowest BCUT2D eigenvalue weighted by Gasteiger charge is -2.10. The minimum atomic E-state index is 0.596. The predicted octanol–water partition coefficient (Wildman–Crippen LogP) is 6.29. The van der Waals surface area contributed by atoms with Crippen LogP contribution in [0.3, 0.4) is 0 Å². The Morgan fingerprint density at radius 1 is 0.857 bits per heavy atom. The zero-order valence-electron chi connectivity index (χ0n) is 19.4. The Balaban J connectivity index is 1.29. The summed E-state index contributed by atoms with van der Waals surface area (Å²) in [6.45, 7) is 0. The minimum Gasteiger partial charge on any atom is -0.481 e. The van der Waals surface area contributed by atoms with E-state index in [-0.39, 0.29) is 0 Å². The van der Waals surface area contributed by atoms with Crippen LogP contribution in [0.2, 0.25) is 0 Å². The lowest BCUT2D eigenvalue weighted by atomic mass is 10.1. The van der Waals surface area contributed by atoms with Gasteiger partial charge in [0.05, 0.1) is 18.5 Å². The molecule has 3 heterocycles. The normalized spacial score (nSPS) is 13.2. The van der Waals surface area contributed by atoms with Crippen molar-refractivity contribution in [2.45, 2.75) is 31.6 Å². The highest BCUT2D eigenvalue weighted by molar-refractivity contribution is 7.18. The van der Waals surface area contributed by atoms with Crippen LogP contribution in [-0.2, 0) is 12.8 Å². The number of rotatable bonds is 8. The molecule has 6 nitrogen and oxygen atoms in total. The van der Waals surface area contributed by atoms with E-state index in [4.69, 9.17) is 19.7 Å². The summed E-state index contributed by atoms with van der Waals surface area (Å²) in [5.41, 5.74) is 6.39. The van der Waals surface area contributed by atoms with Crippen molar-refractivity contribution in [1.82, 2.24) is 19.9 Å². The zero-order chi connectivity index (χ0) is 23.6. The van der Waals surface area contributed by atoms with E-state index in [1.165, 1.54) is 24.0 Å². The maximum Gasteiger partial charge on any atom is 0.227 e. The highest BCUT2D eigenvalue weighted by Crippen LogP contribution is 2.40. The number of hydrogen-bond donors (Lipinski definition) is 1. The standard InChI is InChI=1S/C28H25N5OS/c1-34-25-14-13-24-27(33-25)35-26(32-24)17-23-16-22(15-18-5-3-2-4-6-18)30-28(31-23)29-21-11-9-20(10-12-21)19-7-8-19/h2-6,9-14,16,19H,7-8,15,17H2,1H3,(H,29,30,31). The molecule has 1 aliphatic rings. The average Bonchev–Trinajstić information content (AvgIpc) is 3.64. The van der Waals surface area contributed by atoms with Gasteiger partial charge in [-0.15, -0.1) is 0 Å².